The van der Waals surface area contributed by atoms with Crippen molar-refractivity contribution >= 4 is 19.5 Å². The van der Waals surface area contributed by atoms with E-state index in [-0.39, 0.29) is 17.0 Å². The Hall–Kier alpha value is -2.25. The fourth-order valence-electron chi connectivity index (χ4n) is 1.72. The molecule has 2 aromatic rings. The average Bonchev–Trinajstić information content (AvgIpc) is 2.45. The second-order valence-electron chi connectivity index (χ2n) is 5.89. The van der Waals surface area contributed by atoms with Gasteiger partial charge < -0.3 is 0 Å². The number of para-hydroxylation sites is 1. The largest absolute Gasteiger partial charge is 0.236 e. The normalized spacial score (nSPS) is 11.8. The van der Waals surface area contributed by atoms with Crippen molar-refractivity contribution in [1.29, 1.82) is 0 Å². The van der Waals surface area contributed by atoms with Crippen LogP contribution in [0, 0.1) is 23.1 Å². The summed E-state index contributed by atoms with van der Waals surface area (Å²) in [6, 6.07) is 12.4. The molecule has 2 rings (SSSR count). The van der Waals surface area contributed by atoms with E-state index in [1.54, 1.807) is 36.4 Å². The van der Waals surface area contributed by atoms with Crippen LogP contribution in [0.3, 0.4) is 0 Å². The van der Waals surface area contributed by atoms with Gasteiger partial charge in [-0.1, -0.05) is 49.8 Å². The van der Waals surface area contributed by atoms with E-state index in [2.05, 4.69) is 36.1 Å². The molecule has 0 spiro atoms. The van der Waals surface area contributed by atoms with Crippen LogP contribution >= 0.6 is 0 Å². The first-order valence-corrected chi connectivity index (χ1v) is 10.5. The van der Waals surface area contributed by atoms with Crippen LogP contribution in [-0.2, 0) is 0 Å². The molecule has 0 N–H and O–H groups in total. The first-order chi connectivity index (χ1) is 10.4. The molecule has 0 saturated carbocycles. The van der Waals surface area contributed by atoms with Gasteiger partial charge in [0, 0.05) is 5.56 Å². The summed E-state index contributed by atoms with van der Waals surface area (Å²) in [7, 11) is -1.66. The Morgan fingerprint density at radius 1 is 0.909 bits per heavy atom. The van der Waals surface area contributed by atoms with Crippen LogP contribution in [0.2, 0.25) is 19.6 Å². The zero-order valence-corrected chi connectivity index (χ0v) is 13.8. The van der Waals surface area contributed by atoms with Crippen molar-refractivity contribution in [3.8, 4) is 11.5 Å². The third-order valence-corrected chi connectivity index (χ3v) is 3.64. The first kappa shape index (κ1) is 16.1. The molecule has 0 atom stereocenters. The monoisotopic (exact) mass is 313 g/mol. The fraction of sp³-hybridized carbons (Fsp3) is 0.167. The van der Waals surface area contributed by atoms with Crippen LogP contribution in [0.25, 0.3) is 0 Å². The number of nitrogens with zero attached hydrogens (tertiary/aromatic N) is 1. The number of halogens is 2. The smallest absolute Gasteiger partial charge is 0.148 e. The SMILES string of the molecule is C[Si](C)(C)C#CC(=Nc1ccccc1F)c1ccccc1F. The van der Waals surface area contributed by atoms with Gasteiger partial charge in [-0.15, -0.1) is 5.54 Å². The van der Waals surface area contributed by atoms with Gasteiger partial charge in [0.1, 0.15) is 31.1 Å². The van der Waals surface area contributed by atoms with Gasteiger partial charge >= 0.3 is 0 Å². The Balaban J connectivity index is 2.58. The fourth-order valence-corrected chi connectivity index (χ4v) is 2.21. The van der Waals surface area contributed by atoms with Crippen LogP contribution in [-0.4, -0.2) is 13.8 Å². The zero-order chi connectivity index (χ0) is 16.2. The molecule has 0 aromatic heterocycles. The van der Waals surface area contributed by atoms with Crippen molar-refractivity contribution < 1.29 is 8.78 Å². The highest BCUT2D eigenvalue weighted by Crippen LogP contribution is 2.19. The van der Waals surface area contributed by atoms with E-state index in [1.807, 2.05) is 0 Å². The highest BCUT2D eigenvalue weighted by molar-refractivity contribution is 6.84. The van der Waals surface area contributed by atoms with Crippen molar-refractivity contribution in [2.75, 3.05) is 0 Å². The molecule has 4 heteroatoms. The highest BCUT2D eigenvalue weighted by Gasteiger charge is 2.11. The molecule has 0 aliphatic heterocycles. The average molecular weight is 313 g/mol. The molecular weight excluding hydrogens is 296 g/mol. The highest BCUT2D eigenvalue weighted by atomic mass is 28.3. The quantitative estimate of drug-likeness (QED) is 0.422. The zero-order valence-electron chi connectivity index (χ0n) is 12.8. The maximum absolute atomic E-state index is 14.0. The summed E-state index contributed by atoms with van der Waals surface area (Å²) in [5, 5.41) is 0. The maximum atomic E-state index is 14.0. The molecule has 2 aromatic carbocycles. The Bertz CT molecular complexity index is 764. The van der Waals surface area contributed by atoms with Crippen molar-refractivity contribution in [2.45, 2.75) is 19.6 Å². The van der Waals surface area contributed by atoms with Crippen LogP contribution < -0.4 is 0 Å². The molecule has 0 unspecified atom stereocenters. The minimum atomic E-state index is -1.66. The first-order valence-electron chi connectivity index (χ1n) is 6.98. The number of aliphatic imine (C=N–C) groups is 1. The molecule has 0 bridgehead atoms. The molecule has 0 heterocycles. The number of benzene rings is 2. The van der Waals surface area contributed by atoms with E-state index in [4.69, 9.17) is 0 Å². The summed E-state index contributed by atoms with van der Waals surface area (Å²) >= 11 is 0. The minimum absolute atomic E-state index is 0.158. The van der Waals surface area contributed by atoms with Crippen LogP contribution in [0.15, 0.2) is 53.5 Å². The Morgan fingerprint density at radius 3 is 2.09 bits per heavy atom. The Kier molecular flexibility index (Phi) is 4.89. The minimum Gasteiger partial charge on any atom is -0.236 e. The second-order valence-corrected chi connectivity index (χ2v) is 10.6. The molecular formula is C18H17F2NSi. The van der Waals surface area contributed by atoms with Crippen LogP contribution in [0.5, 0.6) is 0 Å². The lowest BCUT2D eigenvalue weighted by atomic mass is 10.1. The van der Waals surface area contributed by atoms with Gasteiger partial charge in [0.15, 0.2) is 0 Å². The summed E-state index contributed by atoms with van der Waals surface area (Å²) in [5.41, 5.74) is 3.86. The Labute approximate surface area is 130 Å². The second kappa shape index (κ2) is 6.67. The molecule has 1 nitrogen and oxygen atoms in total. The summed E-state index contributed by atoms with van der Waals surface area (Å²) < 4.78 is 27.8. The van der Waals surface area contributed by atoms with Crippen LogP contribution in [0.4, 0.5) is 14.5 Å². The molecule has 0 fully saturated rings. The number of hydrogen-bond donors (Lipinski definition) is 0. The summed E-state index contributed by atoms with van der Waals surface area (Å²) in [4.78, 5) is 4.24. The van der Waals surface area contributed by atoms with E-state index in [9.17, 15) is 8.78 Å². The summed E-state index contributed by atoms with van der Waals surface area (Å²) in [6.45, 7) is 6.26. The van der Waals surface area contributed by atoms with Gasteiger partial charge in [0.05, 0.1) is 0 Å². The van der Waals surface area contributed by atoms with Crippen molar-refractivity contribution in [2.24, 2.45) is 4.99 Å². The Morgan fingerprint density at radius 2 is 1.50 bits per heavy atom. The lowest BCUT2D eigenvalue weighted by Gasteiger charge is -2.06. The van der Waals surface area contributed by atoms with Gasteiger partial charge in [-0.3, -0.25) is 0 Å². The third-order valence-electron chi connectivity index (χ3n) is 2.77. The molecule has 112 valence electrons. The van der Waals surface area contributed by atoms with Gasteiger partial charge in [-0.25, -0.2) is 13.8 Å². The molecule has 22 heavy (non-hydrogen) atoms. The van der Waals surface area contributed by atoms with Gasteiger partial charge in [-0.05, 0) is 24.3 Å². The van der Waals surface area contributed by atoms with E-state index < -0.39 is 19.7 Å². The van der Waals surface area contributed by atoms with E-state index >= 15 is 0 Å². The van der Waals surface area contributed by atoms with E-state index in [0.29, 0.717) is 0 Å². The van der Waals surface area contributed by atoms with E-state index in [1.165, 1.54) is 12.1 Å². The van der Waals surface area contributed by atoms with E-state index in [0.717, 1.165) is 0 Å². The van der Waals surface area contributed by atoms with Gasteiger partial charge in [-0.2, -0.15) is 0 Å². The topological polar surface area (TPSA) is 12.4 Å². The summed E-state index contributed by atoms with van der Waals surface area (Å²) in [6.07, 6.45) is 0. The molecule has 0 radical (unpaired) electrons. The van der Waals surface area contributed by atoms with Crippen molar-refractivity contribution in [3.05, 3.63) is 65.7 Å². The van der Waals surface area contributed by atoms with Gasteiger partial charge in [0.2, 0.25) is 0 Å². The molecule has 0 amide bonds. The standard InChI is InChI=1S/C18H17F2NSi/c1-22(2,3)13-12-17(14-8-4-5-9-15(14)19)21-18-11-7-6-10-16(18)20/h4-11H,1-3H3. The summed E-state index contributed by atoms with van der Waals surface area (Å²) in [5.74, 6) is 2.08. The molecule has 0 aliphatic carbocycles. The lowest BCUT2D eigenvalue weighted by Crippen LogP contribution is -2.17. The van der Waals surface area contributed by atoms with Crippen LogP contribution in [0.1, 0.15) is 5.56 Å². The van der Waals surface area contributed by atoms with Crippen molar-refractivity contribution in [3.63, 3.8) is 0 Å². The molecule has 0 aliphatic rings. The number of hydrogen-bond acceptors (Lipinski definition) is 1. The van der Waals surface area contributed by atoms with Crippen molar-refractivity contribution in [1.82, 2.24) is 0 Å². The molecule has 0 saturated heterocycles. The lowest BCUT2D eigenvalue weighted by molar-refractivity contribution is 0.624. The third kappa shape index (κ3) is 4.37. The van der Waals surface area contributed by atoms with Gasteiger partial charge in [0.25, 0.3) is 0 Å². The predicted octanol–water partition coefficient (Wildman–Crippen LogP) is 4.97. The maximum Gasteiger partial charge on any atom is 0.148 e. The number of rotatable bonds is 2. The predicted molar refractivity (Wildman–Crippen MR) is 90.1 cm³/mol.